The van der Waals surface area contributed by atoms with Crippen LogP contribution in [0.1, 0.15) is 44.9 Å². The standard InChI is InChI=1S/C18H30N6O/c1-19-16(22-14-18(25)8-3-2-4-9-18)23-15-7-5-12-24(13-15)17-20-10-6-11-21-17/h6,10-11,15,25H,2-5,7-9,12-14H2,1H3,(H2,19,22,23). The minimum absolute atomic E-state index is 0.296. The summed E-state index contributed by atoms with van der Waals surface area (Å²) in [4.78, 5) is 15.2. The highest BCUT2D eigenvalue weighted by molar-refractivity contribution is 5.80. The Labute approximate surface area is 150 Å². The van der Waals surface area contributed by atoms with Gasteiger partial charge in [-0.05, 0) is 31.7 Å². The van der Waals surface area contributed by atoms with Gasteiger partial charge in [0.25, 0.3) is 0 Å². The lowest BCUT2D eigenvalue weighted by molar-refractivity contribution is 0.00855. The van der Waals surface area contributed by atoms with E-state index in [9.17, 15) is 5.11 Å². The van der Waals surface area contributed by atoms with Gasteiger partial charge >= 0.3 is 0 Å². The molecule has 3 N–H and O–H groups in total. The molecule has 2 fully saturated rings. The maximum Gasteiger partial charge on any atom is 0.225 e. The number of hydrogen-bond donors (Lipinski definition) is 3. The van der Waals surface area contributed by atoms with E-state index in [2.05, 4.69) is 30.5 Å². The second kappa shape index (κ2) is 8.47. The van der Waals surface area contributed by atoms with Crippen molar-refractivity contribution < 1.29 is 5.11 Å². The summed E-state index contributed by atoms with van der Waals surface area (Å²) in [5, 5.41) is 17.5. The zero-order valence-electron chi connectivity index (χ0n) is 15.1. The molecule has 2 heterocycles. The van der Waals surface area contributed by atoms with Crippen molar-refractivity contribution in [1.82, 2.24) is 20.6 Å². The summed E-state index contributed by atoms with van der Waals surface area (Å²) >= 11 is 0. The summed E-state index contributed by atoms with van der Waals surface area (Å²) in [6.07, 6.45) is 11.0. The predicted molar refractivity (Wildman–Crippen MR) is 99.8 cm³/mol. The van der Waals surface area contributed by atoms with E-state index in [0.29, 0.717) is 12.6 Å². The van der Waals surface area contributed by atoms with Gasteiger partial charge in [-0.2, -0.15) is 0 Å². The molecular weight excluding hydrogens is 316 g/mol. The third-order valence-corrected chi connectivity index (χ3v) is 5.19. The Balaban J connectivity index is 1.51. The van der Waals surface area contributed by atoms with Crippen molar-refractivity contribution in [3.8, 4) is 0 Å². The van der Waals surface area contributed by atoms with Crippen molar-refractivity contribution in [3.05, 3.63) is 18.5 Å². The number of guanidine groups is 1. The molecule has 1 saturated heterocycles. The van der Waals surface area contributed by atoms with Gasteiger partial charge in [0.05, 0.1) is 5.60 Å². The Morgan fingerprint density at radius 1 is 1.28 bits per heavy atom. The molecule has 0 amide bonds. The average molecular weight is 346 g/mol. The highest BCUT2D eigenvalue weighted by atomic mass is 16.3. The third kappa shape index (κ3) is 5.04. The molecule has 1 saturated carbocycles. The van der Waals surface area contributed by atoms with Gasteiger partial charge in [0, 0.05) is 45.1 Å². The highest BCUT2D eigenvalue weighted by Crippen LogP contribution is 2.27. The van der Waals surface area contributed by atoms with E-state index in [4.69, 9.17) is 0 Å². The number of aliphatic imine (C=N–C) groups is 1. The molecule has 2 aliphatic rings. The van der Waals surface area contributed by atoms with Crippen molar-refractivity contribution >= 4 is 11.9 Å². The zero-order valence-corrected chi connectivity index (χ0v) is 15.1. The van der Waals surface area contributed by atoms with Crippen LogP contribution in [0.4, 0.5) is 5.95 Å². The maximum absolute atomic E-state index is 10.6. The second-order valence-electron chi connectivity index (χ2n) is 7.19. The van der Waals surface area contributed by atoms with Crippen LogP contribution in [0.2, 0.25) is 0 Å². The van der Waals surface area contributed by atoms with Gasteiger partial charge in [0.1, 0.15) is 0 Å². The minimum atomic E-state index is -0.591. The fraction of sp³-hybridized carbons (Fsp3) is 0.722. The van der Waals surface area contributed by atoms with Gasteiger partial charge in [-0.3, -0.25) is 4.99 Å². The Morgan fingerprint density at radius 2 is 2.04 bits per heavy atom. The normalized spacial score (nSPS) is 24.0. The van der Waals surface area contributed by atoms with Crippen molar-refractivity contribution in [2.24, 2.45) is 4.99 Å². The van der Waals surface area contributed by atoms with Crippen molar-refractivity contribution in [3.63, 3.8) is 0 Å². The SMILES string of the molecule is CN=C(NCC1(O)CCCCC1)NC1CCCN(c2ncccn2)C1. The van der Waals surface area contributed by atoms with E-state index in [1.165, 1.54) is 6.42 Å². The Kier molecular flexibility index (Phi) is 6.07. The topological polar surface area (TPSA) is 85.7 Å². The fourth-order valence-corrected chi connectivity index (χ4v) is 3.75. The van der Waals surface area contributed by atoms with E-state index in [1.807, 2.05) is 6.07 Å². The molecule has 1 aliphatic heterocycles. The van der Waals surface area contributed by atoms with E-state index >= 15 is 0 Å². The number of anilines is 1. The zero-order chi connectivity index (χ0) is 17.5. The summed E-state index contributed by atoms with van der Waals surface area (Å²) < 4.78 is 0. The molecule has 7 heteroatoms. The van der Waals surface area contributed by atoms with Crippen LogP contribution in [0.25, 0.3) is 0 Å². The van der Waals surface area contributed by atoms with Crippen LogP contribution in [0.3, 0.4) is 0 Å². The van der Waals surface area contributed by atoms with Crippen molar-refractivity contribution in [2.45, 2.75) is 56.6 Å². The fourth-order valence-electron chi connectivity index (χ4n) is 3.75. The molecule has 0 aromatic carbocycles. The number of rotatable bonds is 4. The van der Waals surface area contributed by atoms with Gasteiger partial charge in [-0.1, -0.05) is 19.3 Å². The van der Waals surface area contributed by atoms with Crippen molar-refractivity contribution in [1.29, 1.82) is 0 Å². The molecular formula is C18H30N6O. The van der Waals surface area contributed by atoms with E-state index < -0.39 is 5.60 Å². The lowest BCUT2D eigenvalue weighted by Gasteiger charge is -2.35. The highest BCUT2D eigenvalue weighted by Gasteiger charge is 2.29. The largest absolute Gasteiger partial charge is 0.388 e. The van der Waals surface area contributed by atoms with Crippen LogP contribution in [0.5, 0.6) is 0 Å². The molecule has 0 bridgehead atoms. The summed E-state index contributed by atoms with van der Waals surface area (Å²) in [6, 6.07) is 2.13. The first-order valence-corrected chi connectivity index (χ1v) is 9.40. The molecule has 1 aromatic rings. The minimum Gasteiger partial charge on any atom is -0.388 e. The van der Waals surface area contributed by atoms with E-state index in [1.54, 1.807) is 19.4 Å². The van der Waals surface area contributed by atoms with Crippen LogP contribution < -0.4 is 15.5 Å². The number of aromatic nitrogens is 2. The van der Waals surface area contributed by atoms with Crippen LogP contribution in [0.15, 0.2) is 23.5 Å². The maximum atomic E-state index is 10.6. The molecule has 138 valence electrons. The molecule has 0 radical (unpaired) electrons. The van der Waals surface area contributed by atoms with Crippen molar-refractivity contribution in [2.75, 3.05) is 31.6 Å². The molecule has 1 aromatic heterocycles. The van der Waals surface area contributed by atoms with Gasteiger partial charge in [0.2, 0.25) is 5.95 Å². The first kappa shape index (κ1) is 17.9. The first-order chi connectivity index (χ1) is 12.2. The molecule has 1 unspecified atom stereocenters. The van der Waals surface area contributed by atoms with Crippen LogP contribution in [-0.2, 0) is 0 Å². The average Bonchev–Trinajstić information content (AvgIpc) is 2.67. The van der Waals surface area contributed by atoms with E-state index in [0.717, 1.165) is 63.5 Å². The molecule has 0 spiro atoms. The second-order valence-corrected chi connectivity index (χ2v) is 7.19. The monoisotopic (exact) mass is 346 g/mol. The quantitative estimate of drug-likeness (QED) is 0.563. The Bertz CT molecular complexity index is 558. The lowest BCUT2D eigenvalue weighted by atomic mass is 9.85. The predicted octanol–water partition coefficient (Wildman–Crippen LogP) is 1.31. The Hall–Kier alpha value is -1.89. The number of nitrogens with zero attached hydrogens (tertiary/aromatic N) is 4. The number of piperidine rings is 1. The summed E-state index contributed by atoms with van der Waals surface area (Å²) in [7, 11) is 1.78. The first-order valence-electron chi connectivity index (χ1n) is 9.40. The van der Waals surface area contributed by atoms with Gasteiger partial charge in [-0.15, -0.1) is 0 Å². The summed E-state index contributed by atoms with van der Waals surface area (Å²) in [5.74, 6) is 1.55. The summed E-state index contributed by atoms with van der Waals surface area (Å²) in [5.41, 5.74) is -0.591. The molecule has 3 rings (SSSR count). The van der Waals surface area contributed by atoms with Crippen LogP contribution in [-0.4, -0.2) is 59.4 Å². The summed E-state index contributed by atoms with van der Waals surface area (Å²) in [6.45, 7) is 2.40. The molecule has 7 nitrogen and oxygen atoms in total. The number of hydrogen-bond acceptors (Lipinski definition) is 5. The van der Waals surface area contributed by atoms with Gasteiger partial charge in [-0.25, -0.2) is 9.97 Å². The molecule has 1 atom stereocenters. The smallest absolute Gasteiger partial charge is 0.225 e. The van der Waals surface area contributed by atoms with Gasteiger partial charge in [0.15, 0.2) is 5.96 Å². The van der Waals surface area contributed by atoms with Crippen LogP contribution >= 0.6 is 0 Å². The number of aliphatic hydroxyl groups is 1. The lowest BCUT2D eigenvalue weighted by Crippen LogP contribution is -2.54. The Morgan fingerprint density at radius 3 is 2.76 bits per heavy atom. The molecule has 1 aliphatic carbocycles. The van der Waals surface area contributed by atoms with Gasteiger partial charge < -0.3 is 20.6 Å². The van der Waals surface area contributed by atoms with E-state index in [-0.39, 0.29) is 0 Å². The van der Waals surface area contributed by atoms with Crippen LogP contribution in [0, 0.1) is 0 Å². The molecule has 25 heavy (non-hydrogen) atoms. The number of nitrogens with one attached hydrogen (secondary N) is 2. The third-order valence-electron chi connectivity index (χ3n) is 5.19.